The highest BCUT2D eigenvalue weighted by Crippen LogP contribution is 2.28. The third-order valence-electron chi connectivity index (χ3n) is 3.08. The van der Waals surface area contributed by atoms with Crippen LogP contribution in [0.4, 0.5) is 0 Å². The molecular weight excluding hydrogens is 360 g/mol. The molecule has 0 bridgehead atoms. The van der Waals surface area contributed by atoms with Gasteiger partial charge in [-0.05, 0) is 42.8 Å². The first-order chi connectivity index (χ1) is 9.74. The molecule has 0 amide bonds. The fraction of sp³-hybridized carbons (Fsp3) is 0.385. The Morgan fingerprint density at radius 3 is 2.48 bits per heavy atom. The summed E-state index contributed by atoms with van der Waals surface area (Å²) in [5.41, 5.74) is 6.25. The Morgan fingerprint density at radius 1 is 1.33 bits per heavy atom. The molecule has 6 nitrogen and oxygen atoms in total. The number of hydrogen-bond donors (Lipinski definition) is 2. The summed E-state index contributed by atoms with van der Waals surface area (Å²) in [7, 11) is -3.72. The van der Waals surface area contributed by atoms with Gasteiger partial charge in [-0.2, -0.15) is 0 Å². The van der Waals surface area contributed by atoms with Crippen molar-refractivity contribution in [3.05, 3.63) is 39.6 Å². The highest BCUT2D eigenvalue weighted by Gasteiger charge is 2.25. The van der Waals surface area contributed by atoms with Crippen LogP contribution in [0.15, 0.2) is 30.5 Å². The number of sulfonamides is 1. The van der Waals surface area contributed by atoms with E-state index >= 15 is 0 Å². The van der Waals surface area contributed by atoms with Crippen LogP contribution in [0, 0.1) is 13.8 Å². The van der Waals surface area contributed by atoms with Gasteiger partial charge in [-0.1, -0.05) is 0 Å². The maximum Gasteiger partial charge on any atom is 0.245 e. The molecule has 1 atom stereocenters. The Hall–Kier alpha value is -1.09. The molecule has 2 rings (SSSR count). The lowest BCUT2D eigenvalue weighted by Gasteiger charge is -2.12. The topological polar surface area (TPSA) is 98.5 Å². The lowest BCUT2D eigenvalue weighted by molar-refractivity contribution is 0.482. The van der Waals surface area contributed by atoms with Crippen LogP contribution in [-0.2, 0) is 16.6 Å². The van der Waals surface area contributed by atoms with E-state index in [0.717, 1.165) is 11.3 Å². The van der Waals surface area contributed by atoms with E-state index in [2.05, 4.69) is 20.7 Å². The van der Waals surface area contributed by atoms with Crippen LogP contribution < -0.4 is 10.5 Å². The van der Waals surface area contributed by atoms with Crippen molar-refractivity contribution in [3.63, 3.8) is 0 Å². The van der Waals surface area contributed by atoms with Crippen molar-refractivity contribution < 1.29 is 17.3 Å². The van der Waals surface area contributed by atoms with E-state index in [-0.39, 0.29) is 16.1 Å². The first kappa shape index (κ1) is 16.3. The Labute approximate surface area is 131 Å². The Kier molecular flexibility index (Phi) is 4.62. The summed E-state index contributed by atoms with van der Waals surface area (Å²) in [6, 6.07) is 2.81. The number of nitrogens with two attached hydrogens (primary N) is 1. The zero-order valence-corrected chi connectivity index (χ0v) is 14.3. The van der Waals surface area contributed by atoms with Crippen molar-refractivity contribution in [3.8, 4) is 0 Å². The van der Waals surface area contributed by atoms with Crippen LogP contribution in [0.5, 0.6) is 0 Å². The van der Waals surface area contributed by atoms with Crippen LogP contribution >= 0.6 is 15.9 Å². The fourth-order valence-corrected chi connectivity index (χ4v) is 4.34. The zero-order valence-electron chi connectivity index (χ0n) is 11.9. The molecule has 0 aliphatic heterocycles. The van der Waals surface area contributed by atoms with Gasteiger partial charge < -0.3 is 14.6 Å². The molecule has 0 fully saturated rings. The maximum absolute atomic E-state index is 12.4. The van der Waals surface area contributed by atoms with Gasteiger partial charge in [0.15, 0.2) is 4.67 Å². The first-order valence-electron chi connectivity index (χ1n) is 6.32. The molecule has 0 spiro atoms. The fourth-order valence-electron chi connectivity index (χ4n) is 2.12. The van der Waals surface area contributed by atoms with Crippen LogP contribution in [0.25, 0.3) is 0 Å². The third kappa shape index (κ3) is 3.39. The number of furan rings is 2. The van der Waals surface area contributed by atoms with Crippen molar-refractivity contribution in [2.75, 3.05) is 0 Å². The highest BCUT2D eigenvalue weighted by atomic mass is 79.9. The minimum atomic E-state index is -3.72. The van der Waals surface area contributed by atoms with Crippen molar-refractivity contribution in [1.29, 1.82) is 0 Å². The lowest BCUT2D eigenvalue weighted by atomic mass is 10.1. The van der Waals surface area contributed by atoms with Crippen LogP contribution in [-0.4, -0.2) is 8.42 Å². The molecule has 8 heteroatoms. The second-order valence-electron chi connectivity index (χ2n) is 4.77. The summed E-state index contributed by atoms with van der Waals surface area (Å²) in [5.74, 6) is 1.82. The van der Waals surface area contributed by atoms with Gasteiger partial charge in [-0.25, -0.2) is 13.1 Å². The number of halogens is 1. The molecule has 21 heavy (non-hydrogen) atoms. The molecule has 0 saturated heterocycles. The van der Waals surface area contributed by atoms with Crippen molar-refractivity contribution in [2.45, 2.75) is 38.3 Å². The SMILES string of the molecule is Cc1cc(C(C)NS(=O)(=O)c2cc(CN)oc2Br)c(C)o1. The third-order valence-corrected chi connectivity index (χ3v) is 5.47. The van der Waals surface area contributed by atoms with Crippen LogP contribution in [0.3, 0.4) is 0 Å². The Morgan fingerprint density at radius 2 is 2.00 bits per heavy atom. The van der Waals surface area contributed by atoms with E-state index in [1.54, 1.807) is 13.8 Å². The summed E-state index contributed by atoms with van der Waals surface area (Å²) < 4.78 is 38.2. The number of nitrogens with one attached hydrogen (secondary N) is 1. The summed E-state index contributed by atoms with van der Waals surface area (Å²) >= 11 is 3.10. The highest BCUT2D eigenvalue weighted by molar-refractivity contribution is 9.10. The Balaban J connectivity index is 2.28. The van der Waals surface area contributed by atoms with Gasteiger partial charge >= 0.3 is 0 Å². The minimum Gasteiger partial charge on any atom is -0.466 e. The molecule has 3 N–H and O–H groups in total. The standard InChI is InChI=1S/C13H17BrN2O4S/c1-7-4-11(9(3)19-7)8(2)16-21(17,18)12-5-10(6-15)20-13(12)14/h4-5,8,16H,6,15H2,1-3H3. The van der Waals surface area contributed by atoms with Gasteiger partial charge in [0.25, 0.3) is 0 Å². The quantitative estimate of drug-likeness (QED) is 0.835. The summed E-state index contributed by atoms with van der Waals surface area (Å²) in [6.07, 6.45) is 0. The zero-order chi connectivity index (χ0) is 15.8. The lowest BCUT2D eigenvalue weighted by Crippen LogP contribution is -2.27. The molecule has 2 aromatic rings. The normalized spacial score (nSPS) is 13.6. The average molecular weight is 377 g/mol. The molecule has 2 heterocycles. The molecule has 1 unspecified atom stereocenters. The second-order valence-corrected chi connectivity index (χ2v) is 7.17. The molecule has 0 radical (unpaired) electrons. The largest absolute Gasteiger partial charge is 0.466 e. The number of aryl methyl sites for hydroxylation is 2. The van der Waals surface area contributed by atoms with Gasteiger partial charge in [0.05, 0.1) is 6.54 Å². The van der Waals surface area contributed by atoms with E-state index < -0.39 is 16.1 Å². The van der Waals surface area contributed by atoms with Gasteiger partial charge in [-0.15, -0.1) is 0 Å². The molecule has 0 aromatic carbocycles. The van der Waals surface area contributed by atoms with Crippen molar-refractivity contribution >= 4 is 26.0 Å². The predicted molar refractivity (Wildman–Crippen MR) is 81.2 cm³/mol. The van der Waals surface area contributed by atoms with Gasteiger partial charge in [0.2, 0.25) is 10.0 Å². The molecule has 116 valence electrons. The Bertz CT molecular complexity index is 748. The summed E-state index contributed by atoms with van der Waals surface area (Å²) in [5, 5.41) is 0. The molecule has 0 saturated carbocycles. The predicted octanol–water partition coefficient (Wildman–Crippen LogP) is 2.75. The minimum absolute atomic E-state index is 0.0349. The average Bonchev–Trinajstić information content (AvgIpc) is 2.91. The molecule has 0 aliphatic carbocycles. The van der Waals surface area contributed by atoms with E-state index in [0.29, 0.717) is 11.5 Å². The number of hydrogen-bond acceptors (Lipinski definition) is 5. The van der Waals surface area contributed by atoms with E-state index in [4.69, 9.17) is 14.6 Å². The summed E-state index contributed by atoms with van der Waals surface area (Å²) in [4.78, 5) is 0.0349. The molecule has 0 aliphatic rings. The maximum atomic E-state index is 12.4. The first-order valence-corrected chi connectivity index (χ1v) is 8.59. The summed E-state index contributed by atoms with van der Waals surface area (Å²) in [6.45, 7) is 5.50. The van der Waals surface area contributed by atoms with E-state index in [1.165, 1.54) is 6.07 Å². The molecule has 2 aromatic heterocycles. The van der Waals surface area contributed by atoms with Crippen molar-refractivity contribution in [1.82, 2.24) is 4.72 Å². The van der Waals surface area contributed by atoms with Gasteiger partial charge in [-0.3, -0.25) is 0 Å². The van der Waals surface area contributed by atoms with Gasteiger partial charge in [0, 0.05) is 17.7 Å². The number of rotatable bonds is 5. The second kappa shape index (κ2) is 5.96. The van der Waals surface area contributed by atoms with Crippen molar-refractivity contribution in [2.24, 2.45) is 5.73 Å². The van der Waals surface area contributed by atoms with Gasteiger partial charge in [0.1, 0.15) is 22.2 Å². The smallest absolute Gasteiger partial charge is 0.245 e. The van der Waals surface area contributed by atoms with E-state index in [1.807, 2.05) is 13.0 Å². The van der Waals surface area contributed by atoms with Crippen LogP contribution in [0.1, 0.15) is 35.8 Å². The monoisotopic (exact) mass is 376 g/mol. The van der Waals surface area contributed by atoms with E-state index in [9.17, 15) is 8.42 Å². The molecular formula is C13H17BrN2O4S. The van der Waals surface area contributed by atoms with Crippen LogP contribution in [0.2, 0.25) is 0 Å².